The number of carbonyl (C=O) groups is 1. The fourth-order valence-corrected chi connectivity index (χ4v) is 9.36. The van der Waals surface area contributed by atoms with Gasteiger partial charge in [0.25, 0.3) is 6.47 Å². The molecule has 1 aromatic rings. The Balaban J connectivity index is 0.00000127. The Kier molecular flexibility index (Phi) is 11.1. The fraction of sp³-hybridized carbons (Fsp3) is 0.679. The van der Waals surface area contributed by atoms with Crippen LogP contribution in [-0.2, 0) is 11.2 Å². The molecule has 4 unspecified atom stereocenters. The largest absolute Gasteiger partial charge is 0.507 e. The number of aliphatic imine (C=N–C) groups is 2. The number of aryl methyl sites for hydroxylation is 1. The van der Waals surface area contributed by atoms with Gasteiger partial charge in [-0.05, 0) is 45.4 Å². The lowest BCUT2D eigenvalue weighted by atomic mass is 9.83. The van der Waals surface area contributed by atoms with Crippen molar-refractivity contribution in [1.29, 1.82) is 0 Å². The third-order valence-corrected chi connectivity index (χ3v) is 11.7. The molecule has 3 heterocycles. The molecule has 4 atom stereocenters. The zero-order valence-electron chi connectivity index (χ0n) is 23.4. The van der Waals surface area contributed by atoms with E-state index >= 15 is 0 Å². The van der Waals surface area contributed by atoms with Crippen molar-refractivity contribution in [1.82, 2.24) is 4.90 Å². The highest BCUT2D eigenvalue weighted by Crippen LogP contribution is 2.44. The first-order valence-electron chi connectivity index (χ1n) is 13.3. The third kappa shape index (κ3) is 7.11. The van der Waals surface area contributed by atoms with Crippen LogP contribution in [0.3, 0.4) is 0 Å². The van der Waals surface area contributed by atoms with Gasteiger partial charge in [-0.3, -0.25) is 19.7 Å². The molecule has 38 heavy (non-hydrogen) atoms. The summed E-state index contributed by atoms with van der Waals surface area (Å²) in [7, 11) is 2.14. The molecule has 3 aliphatic rings. The van der Waals surface area contributed by atoms with Gasteiger partial charge in [0, 0.05) is 28.7 Å². The van der Waals surface area contributed by atoms with E-state index in [1.54, 1.807) is 29.6 Å². The van der Waals surface area contributed by atoms with E-state index < -0.39 is 6.10 Å². The number of rotatable bonds is 9. The van der Waals surface area contributed by atoms with Crippen LogP contribution in [0.1, 0.15) is 65.0 Å². The molecule has 0 amide bonds. The molecule has 0 radical (unpaired) electrons. The molecule has 0 aliphatic carbocycles. The van der Waals surface area contributed by atoms with E-state index in [2.05, 4.69) is 52.6 Å². The molecule has 1 saturated heterocycles. The second-order valence-corrected chi connectivity index (χ2v) is 14.5. The van der Waals surface area contributed by atoms with Crippen LogP contribution in [0, 0.1) is 5.41 Å². The predicted octanol–water partition coefficient (Wildman–Crippen LogP) is 5.37. The Bertz CT molecular complexity index is 1030. The van der Waals surface area contributed by atoms with Gasteiger partial charge >= 0.3 is 0 Å². The van der Waals surface area contributed by atoms with Crippen LogP contribution in [0.15, 0.2) is 28.2 Å². The highest BCUT2D eigenvalue weighted by molar-refractivity contribution is 8.15. The first kappa shape index (κ1) is 31.3. The van der Waals surface area contributed by atoms with Crippen molar-refractivity contribution in [2.75, 3.05) is 24.3 Å². The summed E-state index contributed by atoms with van der Waals surface area (Å²) in [5, 5.41) is 31.4. The Morgan fingerprint density at radius 2 is 1.95 bits per heavy atom. The van der Waals surface area contributed by atoms with Crippen molar-refractivity contribution in [3.8, 4) is 5.75 Å². The number of carboxylic acid groups (broad SMARTS) is 1. The van der Waals surface area contributed by atoms with Gasteiger partial charge in [0.15, 0.2) is 0 Å². The molecule has 3 N–H and O–H groups in total. The summed E-state index contributed by atoms with van der Waals surface area (Å²) >= 11 is 5.46. The fourth-order valence-electron chi connectivity index (χ4n) is 5.12. The molecule has 10 heteroatoms. The highest BCUT2D eigenvalue weighted by Gasteiger charge is 2.48. The summed E-state index contributed by atoms with van der Waals surface area (Å²) in [5.41, 5.74) is 1.69. The van der Waals surface area contributed by atoms with E-state index in [1.165, 1.54) is 18.4 Å². The van der Waals surface area contributed by atoms with Crippen LogP contribution >= 0.6 is 35.3 Å². The van der Waals surface area contributed by atoms with Gasteiger partial charge in [-0.15, -0.1) is 35.3 Å². The van der Waals surface area contributed by atoms with Crippen molar-refractivity contribution in [3.05, 3.63) is 29.3 Å². The van der Waals surface area contributed by atoms with Crippen molar-refractivity contribution in [2.45, 2.75) is 89.4 Å². The van der Waals surface area contributed by atoms with Crippen LogP contribution in [-0.4, -0.2) is 90.2 Å². The quantitative estimate of drug-likeness (QED) is 0.264. The summed E-state index contributed by atoms with van der Waals surface area (Å²) in [6.45, 7) is 10.6. The number of aliphatic hydroxyl groups is 1. The second kappa shape index (κ2) is 13.4. The highest BCUT2D eigenvalue weighted by atomic mass is 32.2. The molecule has 0 bridgehead atoms. The van der Waals surface area contributed by atoms with Gasteiger partial charge < -0.3 is 15.3 Å². The first-order valence-corrected chi connectivity index (χ1v) is 16.3. The summed E-state index contributed by atoms with van der Waals surface area (Å²) < 4.78 is 0. The van der Waals surface area contributed by atoms with E-state index in [-0.39, 0.29) is 34.9 Å². The van der Waals surface area contributed by atoms with Crippen LogP contribution < -0.4 is 0 Å². The molecule has 7 nitrogen and oxygen atoms in total. The average Bonchev–Trinajstić information content (AvgIpc) is 3.58. The number of thioether (sulfide) groups is 3. The molecule has 1 fully saturated rings. The summed E-state index contributed by atoms with van der Waals surface area (Å²) in [6, 6.07) is 6.07. The molecule has 3 aliphatic heterocycles. The number of likely N-dealkylation sites (N-methyl/N-ethyl adjacent to an activating group) is 1. The molecule has 0 aromatic heterocycles. The Morgan fingerprint density at radius 3 is 2.58 bits per heavy atom. The molecule has 4 rings (SSSR count). The molecular formula is C28H43N3O4S3. The zero-order valence-corrected chi connectivity index (χ0v) is 25.8. The van der Waals surface area contributed by atoms with Crippen LogP contribution in [0.2, 0.25) is 0 Å². The Morgan fingerprint density at radius 1 is 1.24 bits per heavy atom. The number of phenolic OH excluding ortho intramolecular Hbond substituents is 1. The number of phenols is 1. The SMILES string of the molecule is CCCCCc1cccc(O)c1C1=NC(C2SCC(C(O)C(C)(C)C3=NC(C)(C)CS3)N2C)CS1.O=CO. The van der Waals surface area contributed by atoms with Gasteiger partial charge in [-0.2, -0.15) is 0 Å². The van der Waals surface area contributed by atoms with Gasteiger partial charge in [0.05, 0.1) is 33.7 Å². The number of hydrogen-bond acceptors (Lipinski definition) is 9. The molecule has 0 saturated carbocycles. The molecule has 212 valence electrons. The topological polar surface area (TPSA) is 106 Å². The monoisotopic (exact) mass is 581 g/mol. The molecular weight excluding hydrogens is 539 g/mol. The van der Waals surface area contributed by atoms with Gasteiger partial charge in [-0.25, -0.2) is 0 Å². The maximum atomic E-state index is 11.5. The first-order chi connectivity index (χ1) is 18.0. The number of aliphatic hydroxyl groups excluding tert-OH is 1. The van der Waals surface area contributed by atoms with Crippen molar-refractivity contribution >= 4 is 51.8 Å². The summed E-state index contributed by atoms with van der Waals surface area (Å²) in [4.78, 5) is 20.8. The lowest BCUT2D eigenvalue weighted by Crippen LogP contribution is -2.51. The third-order valence-electron chi connectivity index (χ3n) is 7.38. The normalized spacial score (nSPS) is 25.9. The minimum Gasteiger partial charge on any atom is -0.507 e. The van der Waals surface area contributed by atoms with Crippen LogP contribution in [0.4, 0.5) is 0 Å². The number of unbranched alkanes of at least 4 members (excludes halogenated alkanes) is 2. The summed E-state index contributed by atoms with van der Waals surface area (Å²) in [5.74, 6) is 3.10. The van der Waals surface area contributed by atoms with Crippen molar-refractivity contribution in [2.24, 2.45) is 15.4 Å². The van der Waals surface area contributed by atoms with E-state index in [9.17, 15) is 10.2 Å². The maximum Gasteiger partial charge on any atom is 0.290 e. The minimum atomic E-state index is -0.494. The average molecular weight is 582 g/mol. The number of nitrogens with zero attached hydrogens (tertiary/aromatic N) is 3. The minimum absolute atomic E-state index is 0.0551. The number of hydrogen-bond donors (Lipinski definition) is 3. The predicted molar refractivity (Wildman–Crippen MR) is 164 cm³/mol. The number of benzene rings is 1. The van der Waals surface area contributed by atoms with E-state index in [0.717, 1.165) is 45.8 Å². The Hall–Kier alpha value is -1.20. The van der Waals surface area contributed by atoms with E-state index in [0.29, 0.717) is 5.75 Å². The van der Waals surface area contributed by atoms with Gasteiger partial charge in [-0.1, -0.05) is 45.7 Å². The lowest BCUT2D eigenvalue weighted by Gasteiger charge is -2.38. The molecule has 0 spiro atoms. The maximum absolute atomic E-state index is 11.5. The van der Waals surface area contributed by atoms with Crippen LogP contribution in [0.5, 0.6) is 5.75 Å². The van der Waals surface area contributed by atoms with E-state index in [1.807, 2.05) is 17.8 Å². The number of aromatic hydroxyl groups is 1. The summed E-state index contributed by atoms with van der Waals surface area (Å²) in [6.07, 6.45) is 3.99. The lowest BCUT2D eigenvalue weighted by molar-refractivity contribution is -0.122. The van der Waals surface area contributed by atoms with Crippen molar-refractivity contribution in [3.63, 3.8) is 0 Å². The zero-order chi connectivity index (χ0) is 28.1. The Labute approximate surface area is 240 Å². The van der Waals surface area contributed by atoms with Gasteiger partial charge in [0.1, 0.15) is 10.8 Å². The second-order valence-electron chi connectivity index (χ2n) is 11.3. The van der Waals surface area contributed by atoms with Crippen LogP contribution in [0.25, 0.3) is 0 Å². The standard InChI is InChI=1S/C27H41N3O2S3.CH2O2/c1-7-8-9-11-17-12-10-13-20(31)21(17)23-28-18(14-33-23)24-30(6)19(15-34-24)22(32)27(4,5)25-29-26(2,3)16-35-25;2-1-3/h10,12-13,18-19,22,24,31-32H,7-9,11,14-16H2,1-6H3;1H,(H,2,3). The van der Waals surface area contributed by atoms with E-state index in [4.69, 9.17) is 19.9 Å². The van der Waals surface area contributed by atoms with Gasteiger partial charge in [0.2, 0.25) is 0 Å². The smallest absolute Gasteiger partial charge is 0.290 e. The van der Waals surface area contributed by atoms with Crippen molar-refractivity contribution < 1.29 is 20.1 Å². The molecule has 1 aromatic carbocycles.